The summed E-state index contributed by atoms with van der Waals surface area (Å²) in [5.74, 6) is 0.923. The predicted molar refractivity (Wildman–Crippen MR) is 115 cm³/mol. The highest BCUT2D eigenvalue weighted by atomic mass is 127. The Morgan fingerprint density at radius 2 is 2.00 bits per heavy atom. The lowest BCUT2D eigenvalue weighted by Gasteiger charge is -2.35. The molecule has 0 unspecified atom stereocenters. The molecule has 1 aliphatic rings. The summed E-state index contributed by atoms with van der Waals surface area (Å²) in [7, 11) is 1.85. The van der Waals surface area contributed by atoms with Crippen molar-refractivity contribution in [3.63, 3.8) is 0 Å². The molecule has 0 aromatic carbocycles. The molecule has 0 spiro atoms. The Labute approximate surface area is 167 Å². The van der Waals surface area contributed by atoms with E-state index in [4.69, 9.17) is 0 Å². The molecule has 2 rings (SSSR count). The highest BCUT2D eigenvalue weighted by Crippen LogP contribution is 2.17. The summed E-state index contributed by atoms with van der Waals surface area (Å²) in [6.45, 7) is 12.0. The second-order valence-corrected chi connectivity index (χ2v) is 7.83. The molecular formula is C17H32IN5S. The maximum absolute atomic E-state index is 4.48. The Kier molecular flexibility index (Phi) is 9.51. The lowest BCUT2D eigenvalue weighted by Crippen LogP contribution is -2.50. The maximum Gasteiger partial charge on any atom is 0.191 e. The topological polar surface area (TPSA) is 52.6 Å². The van der Waals surface area contributed by atoms with Crippen LogP contribution in [0.3, 0.4) is 0 Å². The Morgan fingerprint density at radius 1 is 1.33 bits per heavy atom. The number of hydrogen-bond acceptors (Lipinski definition) is 4. The Balaban J connectivity index is 0.00000288. The fourth-order valence-electron chi connectivity index (χ4n) is 3.05. The van der Waals surface area contributed by atoms with Crippen molar-refractivity contribution < 1.29 is 0 Å². The highest BCUT2D eigenvalue weighted by Gasteiger charge is 2.21. The van der Waals surface area contributed by atoms with Crippen molar-refractivity contribution in [2.75, 3.05) is 26.7 Å². The van der Waals surface area contributed by atoms with Gasteiger partial charge in [0.25, 0.3) is 0 Å². The minimum atomic E-state index is 0. The lowest BCUT2D eigenvalue weighted by atomic mass is 10.0. The molecular weight excluding hydrogens is 433 g/mol. The molecule has 2 N–H and O–H groups in total. The Bertz CT molecular complexity index is 521. The van der Waals surface area contributed by atoms with Crippen LogP contribution >= 0.6 is 35.3 Å². The van der Waals surface area contributed by atoms with Gasteiger partial charge in [-0.15, -0.1) is 35.3 Å². The first-order valence-corrected chi connectivity index (χ1v) is 9.45. The summed E-state index contributed by atoms with van der Waals surface area (Å²) in [6, 6.07) is 1.18. The first-order chi connectivity index (χ1) is 11.0. The van der Waals surface area contributed by atoms with Crippen LogP contribution < -0.4 is 10.6 Å². The SMILES string of the molecule is CN=C(NCCc1sc(C)nc1C)NC1CCN(C(C)C)CC1.I. The number of hydrogen-bond donors (Lipinski definition) is 2. The third-order valence-corrected chi connectivity index (χ3v) is 5.60. The highest BCUT2D eigenvalue weighted by molar-refractivity contribution is 14.0. The number of aromatic nitrogens is 1. The van der Waals surface area contributed by atoms with E-state index in [9.17, 15) is 0 Å². The number of guanidine groups is 1. The molecule has 1 aromatic rings. The second-order valence-electron chi connectivity index (χ2n) is 6.54. The van der Waals surface area contributed by atoms with Gasteiger partial charge < -0.3 is 15.5 Å². The van der Waals surface area contributed by atoms with Gasteiger partial charge in [0, 0.05) is 50.1 Å². The normalized spacial score (nSPS) is 17.0. The summed E-state index contributed by atoms with van der Waals surface area (Å²) in [6.07, 6.45) is 3.38. The molecule has 0 radical (unpaired) electrons. The maximum atomic E-state index is 4.48. The van der Waals surface area contributed by atoms with E-state index in [1.807, 2.05) is 7.05 Å². The summed E-state index contributed by atoms with van der Waals surface area (Å²) in [4.78, 5) is 12.8. The molecule has 0 atom stereocenters. The van der Waals surface area contributed by atoms with E-state index in [0.29, 0.717) is 12.1 Å². The number of aryl methyl sites for hydroxylation is 2. The van der Waals surface area contributed by atoms with Crippen molar-refractivity contribution in [3.05, 3.63) is 15.6 Å². The van der Waals surface area contributed by atoms with Gasteiger partial charge in [0.05, 0.1) is 10.7 Å². The fraction of sp³-hybridized carbons (Fsp3) is 0.765. The molecule has 1 aromatic heterocycles. The summed E-state index contributed by atoms with van der Waals surface area (Å²) < 4.78 is 0. The molecule has 138 valence electrons. The lowest BCUT2D eigenvalue weighted by molar-refractivity contribution is 0.167. The number of rotatable bonds is 5. The number of piperidine rings is 1. The first-order valence-electron chi connectivity index (χ1n) is 8.63. The third-order valence-electron chi connectivity index (χ3n) is 4.47. The molecule has 1 aliphatic heterocycles. The fourth-order valence-corrected chi connectivity index (χ4v) is 3.98. The predicted octanol–water partition coefficient (Wildman–Crippen LogP) is 2.96. The van der Waals surface area contributed by atoms with Gasteiger partial charge in [-0.2, -0.15) is 0 Å². The van der Waals surface area contributed by atoms with Crippen LogP contribution in [0, 0.1) is 13.8 Å². The van der Waals surface area contributed by atoms with Crippen LogP contribution in [0.4, 0.5) is 0 Å². The van der Waals surface area contributed by atoms with Crippen LogP contribution in [-0.4, -0.2) is 54.6 Å². The Hall–Kier alpha value is -0.410. The van der Waals surface area contributed by atoms with E-state index in [-0.39, 0.29) is 24.0 Å². The van der Waals surface area contributed by atoms with Gasteiger partial charge in [-0.1, -0.05) is 0 Å². The van der Waals surface area contributed by atoms with Crippen LogP contribution in [-0.2, 0) is 6.42 Å². The van der Waals surface area contributed by atoms with Crippen LogP contribution in [0.25, 0.3) is 0 Å². The van der Waals surface area contributed by atoms with Crippen LogP contribution in [0.5, 0.6) is 0 Å². The zero-order valence-electron chi connectivity index (χ0n) is 15.6. The van der Waals surface area contributed by atoms with E-state index in [1.165, 1.54) is 36.5 Å². The number of likely N-dealkylation sites (tertiary alicyclic amines) is 1. The number of halogens is 1. The van der Waals surface area contributed by atoms with Crippen molar-refractivity contribution in [3.8, 4) is 0 Å². The van der Waals surface area contributed by atoms with Crippen LogP contribution in [0.2, 0.25) is 0 Å². The van der Waals surface area contributed by atoms with Crippen molar-refractivity contribution in [1.82, 2.24) is 20.5 Å². The molecule has 0 bridgehead atoms. The van der Waals surface area contributed by atoms with E-state index in [0.717, 1.165) is 23.9 Å². The van der Waals surface area contributed by atoms with E-state index >= 15 is 0 Å². The number of nitrogens with one attached hydrogen (secondary N) is 2. The third kappa shape index (κ3) is 6.48. The second kappa shape index (κ2) is 10.6. The molecule has 2 heterocycles. The smallest absolute Gasteiger partial charge is 0.191 e. The molecule has 7 heteroatoms. The van der Waals surface area contributed by atoms with E-state index in [2.05, 4.69) is 53.2 Å². The molecule has 0 amide bonds. The molecule has 0 aliphatic carbocycles. The van der Waals surface area contributed by atoms with Gasteiger partial charge in [-0.3, -0.25) is 4.99 Å². The zero-order chi connectivity index (χ0) is 16.8. The van der Waals surface area contributed by atoms with Gasteiger partial charge in [0.15, 0.2) is 5.96 Å². The zero-order valence-corrected chi connectivity index (χ0v) is 18.7. The molecule has 1 fully saturated rings. The summed E-state index contributed by atoms with van der Waals surface area (Å²) >= 11 is 1.80. The molecule has 0 saturated carbocycles. The van der Waals surface area contributed by atoms with Crippen molar-refractivity contribution in [1.29, 1.82) is 0 Å². The minimum Gasteiger partial charge on any atom is -0.356 e. The summed E-state index contributed by atoms with van der Waals surface area (Å²) in [5.41, 5.74) is 1.17. The van der Waals surface area contributed by atoms with Gasteiger partial charge in [-0.05, 0) is 40.5 Å². The van der Waals surface area contributed by atoms with Gasteiger partial charge >= 0.3 is 0 Å². The monoisotopic (exact) mass is 465 g/mol. The summed E-state index contributed by atoms with van der Waals surface area (Å²) in [5, 5.41) is 8.16. The van der Waals surface area contributed by atoms with E-state index in [1.54, 1.807) is 11.3 Å². The van der Waals surface area contributed by atoms with Gasteiger partial charge in [0.2, 0.25) is 0 Å². The number of aliphatic imine (C=N–C) groups is 1. The standard InChI is InChI=1S/C17H31N5S.HI/c1-12(2)22-10-7-15(8-11-22)21-17(18-5)19-9-6-16-13(3)20-14(4)23-16;/h12,15H,6-11H2,1-5H3,(H2,18,19,21);1H. The average Bonchev–Trinajstić information content (AvgIpc) is 2.84. The molecule has 24 heavy (non-hydrogen) atoms. The van der Waals surface area contributed by atoms with Crippen LogP contribution in [0.1, 0.15) is 42.3 Å². The first kappa shape index (κ1) is 21.6. The van der Waals surface area contributed by atoms with Crippen molar-refractivity contribution >= 4 is 41.3 Å². The van der Waals surface area contributed by atoms with Gasteiger partial charge in [0.1, 0.15) is 0 Å². The van der Waals surface area contributed by atoms with Crippen molar-refractivity contribution in [2.45, 2.75) is 59.0 Å². The number of nitrogens with zero attached hydrogens (tertiary/aromatic N) is 3. The van der Waals surface area contributed by atoms with Gasteiger partial charge in [-0.25, -0.2) is 4.98 Å². The quantitative estimate of drug-likeness (QED) is 0.399. The van der Waals surface area contributed by atoms with E-state index < -0.39 is 0 Å². The molecule has 1 saturated heterocycles. The number of thiazole rings is 1. The minimum absolute atomic E-state index is 0. The average molecular weight is 465 g/mol. The molecule has 5 nitrogen and oxygen atoms in total. The van der Waals surface area contributed by atoms with Crippen LogP contribution in [0.15, 0.2) is 4.99 Å². The van der Waals surface area contributed by atoms with Crippen molar-refractivity contribution in [2.24, 2.45) is 4.99 Å². The largest absolute Gasteiger partial charge is 0.356 e. The Morgan fingerprint density at radius 3 is 2.50 bits per heavy atom.